The molecule has 1 aliphatic heterocycles. The van der Waals surface area contributed by atoms with Crippen molar-refractivity contribution < 1.29 is 19.5 Å². The average molecular weight is 276 g/mol. The van der Waals surface area contributed by atoms with Crippen LogP contribution in [-0.2, 0) is 16.1 Å². The highest BCUT2D eigenvalue weighted by molar-refractivity contribution is 5.93. The fourth-order valence-electron chi connectivity index (χ4n) is 2.40. The Morgan fingerprint density at radius 2 is 2.15 bits per heavy atom. The van der Waals surface area contributed by atoms with Gasteiger partial charge in [-0.1, -0.05) is 6.07 Å². The van der Waals surface area contributed by atoms with Crippen LogP contribution in [0.5, 0.6) is 0 Å². The number of aryl methyl sites for hydroxylation is 1. The molecule has 1 aliphatic rings. The zero-order valence-corrected chi connectivity index (χ0v) is 11.1. The lowest BCUT2D eigenvalue weighted by Crippen LogP contribution is -2.38. The maximum Gasteiger partial charge on any atom is 0.326 e. The van der Waals surface area contributed by atoms with Crippen molar-refractivity contribution in [2.24, 2.45) is 5.73 Å². The molecule has 6 heteroatoms. The van der Waals surface area contributed by atoms with Gasteiger partial charge in [-0.25, -0.2) is 4.79 Å². The topological polar surface area (TPSA) is 101 Å². The second kappa shape index (κ2) is 5.32. The van der Waals surface area contributed by atoms with Crippen LogP contribution in [0.4, 0.5) is 0 Å². The molecule has 1 atom stereocenters. The van der Waals surface area contributed by atoms with E-state index in [4.69, 9.17) is 10.8 Å². The Morgan fingerprint density at radius 1 is 1.45 bits per heavy atom. The lowest BCUT2D eigenvalue weighted by Gasteiger charge is -2.22. The quantitative estimate of drug-likeness (QED) is 0.843. The molecule has 1 aromatic carbocycles. The van der Waals surface area contributed by atoms with Gasteiger partial charge in [-0.2, -0.15) is 0 Å². The minimum Gasteiger partial charge on any atom is -0.480 e. The third kappa shape index (κ3) is 2.64. The largest absolute Gasteiger partial charge is 0.480 e. The van der Waals surface area contributed by atoms with Gasteiger partial charge in [-0.3, -0.25) is 9.59 Å². The minimum atomic E-state index is -0.984. The van der Waals surface area contributed by atoms with Crippen LogP contribution in [0.3, 0.4) is 0 Å². The number of amides is 2. The molecule has 2 amide bonds. The lowest BCUT2D eigenvalue weighted by atomic mass is 10.0. The zero-order valence-electron chi connectivity index (χ0n) is 11.1. The summed E-state index contributed by atoms with van der Waals surface area (Å²) in [5.74, 6) is -1.65. The number of hydrogen-bond acceptors (Lipinski definition) is 3. The van der Waals surface area contributed by atoms with Crippen LogP contribution in [-0.4, -0.2) is 33.8 Å². The number of hydrogen-bond donors (Lipinski definition) is 2. The fourth-order valence-corrected chi connectivity index (χ4v) is 2.40. The number of aliphatic carboxylic acids is 1. The van der Waals surface area contributed by atoms with Gasteiger partial charge in [0.25, 0.3) is 0 Å². The lowest BCUT2D eigenvalue weighted by molar-refractivity contribution is -0.146. The maximum atomic E-state index is 11.8. The molecule has 0 radical (unpaired) electrons. The van der Waals surface area contributed by atoms with E-state index in [1.165, 1.54) is 4.90 Å². The second-order valence-corrected chi connectivity index (χ2v) is 4.92. The SMILES string of the molecule is Cc1cc(C(N)=O)ccc1CN1C(=O)CCC1C(=O)O. The van der Waals surface area contributed by atoms with Gasteiger partial charge in [0, 0.05) is 18.5 Å². The summed E-state index contributed by atoms with van der Waals surface area (Å²) in [7, 11) is 0. The highest BCUT2D eigenvalue weighted by Crippen LogP contribution is 2.23. The highest BCUT2D eigenvalue weighted by Gasteiger charge is 2.35. The van der Waals surface area contributed by atoms with E-state index in [9.17, 15) is 14.4 Å². The Bertz CT molecular complexity index is 583. The first-order valence-corrected chi connectivity index (χ1v) is 6.31. The molecule has 1 saturated heterocycles. The molecule has 0 spiro atoms. The standard InChI is InChI=1S/C14H16N2O4/c1-8-6-9(13(15)18)2-3-10(8)7-16-11(14(19)20)4-5-12(16)17/h2-3,6,11H,4-5,7H2,1H3,(H2,15,18)(H,19,20). The summed E-state index contributed by atoms with van der Waals surface area (Å²) >= 11 is 0. The Morgan fingerprint density at radius 3 is 2.70 bits per heavy atom. The Labute approximate surface area is 116 Å². The first-order valence-electron chi connectivity index (χ1n) is 6.31. The summed E-state index contributed by atoms with van der Waals surface area (Å²) in [6.45, 7) is 2.04. The van der Waals surface area contributed by atoms with E-state index < -0.39 is 17.9 Å². The molecular weight excluding hydrogens is 260 g/mol. The highest BCUT2D eigenvalue weighted by atomic mass is 16.4. The summed E-state index contributed by atoms with van der Waals surface area (Å²) in [6, 6.07) is 4.17. The number of likely N-dealkylation sites (tertiary alicyclic amines) is 1. The zero-order chi connectivity index (χ0) is 14.9. The maximum absolute atomic E-state index is 11.8. The van der Waals surface area contributed by atoms with Gasteiger partial charge in [0.05, 0.1) is 0 Å². The molecule has 3 N–H and O–H groups in total. The van der Waals surface area contributed by atoms with Crippen molar-refractivity contribution in [3.63, 3.8) is 0 Å². The fraction of sp³-hybridized carbons (Fsp3) is 0.357. The smallest absolute Gasteiger partial charge is 0.326 e. The number of carbonyl (C=O) groups is 3. The van der Waals surface area contributed by atoms with Gasteiger partial charge < -0.3 is 15.7 Å². The number of primary amides is 1. The molecule has 106 valence electrons. The van der Waals surface area contributed by atoms with Crippen LogP contribution < -0.4 is 5.73 Å². The van der Waals surface area contributed by atoms with Crippen molar-refractivity contribution in [2.75, 3.05) is 0 Å². The van der Waals surface area contributed by atoms with Crippen LogP contribution in [0.2, 0.25) is 0 Å². The van der Waals surface area contributed by atoms with Crippen molar-refractivity contribution in [2.45, 2.75) is 32.4 Å². The molecule has 1 fully saturated rings. The predicted molar refractivity (Wildman–Crippen MR) is 70.9 cm³/mol. The molecule has 1 heterocycles. The summed E-state index contributed by atoms with van der Waals surface area (Å²) in [6.07, 6.45) is 0.599. The molecule has 6 nitrogen and oxygen atoms in total. The van der Waals surface area contributed by atoms with E-state index >= 15 is 0 Å². The Kier molecular flexibility index (Phi) is 3.74. The van der Waals surface area contributed by atoms with E-state index in [1.807, 2.05) is 0 Å². The Balaban J connectivity index is 2.23. The van der Waals surface area contributed by atoms with Crippen molar-refractivity contribution in [1.29, 1.82) is 0 Å². The Hall–Kier alpha value is -2.37. The van der Waals surface area contributed by atoms with E-state index in [-0.39, 0.29) is 18.9 Å². The number of nitrogens with two attached hydrogens (primary N) is 1. The molecule has 1 aromatic rings. The number of carbonyl (C=O) groups excluding carboxylic acids is 2. The predicted octanol–water partition coefficient (Wildman–Crippen LogP) is 0.670. The van der Waals surface area contributed by atoms with Crippen LogP contribution in [0.25, 0.3) is 0 Å². The third-order valence-corrected chi connectivity index (χ3v) is 3.58. The molecule has 1 unspecified atom stereocenters. The monoisotopic (exact) mass is 276 g/mol. The van der Waals surface area contributed by atoms with Gasteiger partial charge in [0.2, 0.25) is 11.8 Å². The number of carboxylic acids is 1. The van der Waals surface area contributed by atoms with Crippen molar-refractivity contribution >= 4 is 17.8 Å². The second-order valence-electron chi connectivity index (χ2n) is 4.92. The van der Waals surface area contributed by atoms with Gasteiger partial charge >= 0.3 is 5.97 Å². The number of carboxylic acid groups (broad SMARTS) is 1. The van der Waals surface area contributed by atoms with Crippen molar-refractivity contribution in [1.82, 2.24) is 4.90 Å². The first kappa shape index (κ1) is 14.0. The average Bonchev–Trinajstić information content (AvgIpc) is 2.73. The van der Waals surface area contributed by atoms with Gasteiger partial charge in [-0.05, 0) is 36.6 Å². The summed E-state index contributed by atoms with van der Waals surface area (Å²) in [5, 5.41) is 9.11. The number of rotatable bonds is 4. The molecule has 20 heavy (non-hydrogen) atoms. The van der Waals surface area contributed by atoms with Crippen LogP contribution >= 0.6 is 0 Å². The van der Waals surface area contributed by atoms with Gasteiger partial charge in [-0.15, -0.1) is 0 Å². The first-order chi connectivity index (χ1) is 9.40. The molecule has 0 aromatic heterocycles. The minimum absolute atomic E-state index is 0.157. The summed E-state index contributed by atoms with van der Waals surface area (Å²) in [4.78, 5) is 35.3. The number of nitrogens with zero attached hydrogens (tertiary/aromatic N) is 1. The molecular formula is C14H16N2O4. The third-order valence-electron chi connectivity index (χ3n) is 3.58. The van der Waals surface area contributed by atoms with E-state index in [0.717, 1.165) is 11.1 Å². The van der Waals surface area contributed by atoms with Crippen LogP contribution in [0, 0.1) is 6.92 Å². The normalized spacial score (nSPS) is 18.4. The van der Waals surface area contributed by atoms with Crippen molar-refractivity contribution in [3.05, 3.63) is 34.9 Å². The molecule has 0 saturated carbocycles. The molecule has 0 bridgehead atoms. The number of benzene rings is 1. The summed E-state index contributed by atoms with van der Waals surface area (Å²) in [5.41, 5.74) is 7.22. The van der Waals surface area contributed by atoms with E-state index in [2.05, 4.69) is 0 Å². The van der Waals surface area contributed by atoms with E-state index in [0.29, 0.717) is 12.0 Å². The van der Waals surface area contributed by atoms with Gasteiger partial charge in [0.1, 0.15) is 6.04 Å². The van der Waals surface area contributed by atoms with E-state index in [1.54, 1.807) is 25.1 Å². The van der Waals surface area contributed by atoms with Gasteiger partial charge in [0.15, 0.2) is 0 Å². The molecule has 0 aliphatic carbocycles. The van der Waals surface area contributed by atoms with Crippen LogP contribution in [0.1, 0.15) is 34.3 Å². The molecule has 2 rings (SSSR count). The van der Waals surface area contributed by atoms with Crippen LogP contribution in [0.15, 0.2) is 18.2 Å². The van der Waals surface area contributed by atoms with Crippen molar-refractivity contribution in [3.8, 4) is 0 Å². The summed E-state index contributed by atoms with van der Waals surface area (Å²) < 4.78 is 0.